The monoisotopic (exact) mass is 319 g/mol. The molecule has 0 spiro atoms. The number of rotatable bonds is 4. The lowest BCUT2D eigenvalue weighted by atomic mass is 9.70. The van der Waals surface area contributed by atoms with E-state index < -0.39 is 12.3 Å². The fourth-order valence-corrected chi connectivity index (χ4v) is 4.44. The predicted octanol–water partition coefficient (Wildman–Crippen LogP) is 2.82. The molecule has 2 fully saturated rings. The molecule has 1 aromatic rings. The molecule has 23 heavy (non-hydrogen) atoms. The van der Waals surface area contributed by atoms with Gasteiger partial charge in [0.2, 0.25) is 0 Å². The summed E-state index contributed by atoms with van der Waals surface area (Å²) < 4.78 is 5.71. The molecule has 2 N–H and O–H groups in total. The molecule has 1 saturated carbocycles. The van der Waals surface area contributed by atoms with Gasteiger partial charge in [-0.05, 0) is 42.7 Å². The van der Waals surface area contributed by atoms with Crippen molar-refractivity contribution in [2.45, 2.75) is 38.3 Å². The lowest BCUT2D eigenvalue weighted by molar-refractivity contribution is -0.0661. The molecule has 1 saturated heterocycles. The predicted molar refractivity (Wildman–Crippen MR) is 86.3 cm³/mol. The number of amides is 1. The minimum atomic E-state index is -0.925. The lowest BCUT2D eigenvalue weighted by Crippen LogP contribution is -2.39. The maximum atomic E-state index is 11.6. The Morgan fingerprint density at radius 3 is 2.78 bits per heavy atom. The summed E-state index contributed by atoms with van der Waals surface area (Å²) in [5.74, 6) is 0.903. The second-order valence-electron chi connectivity index (χ2n) is 6.64. The van der Waals surface area contributed by atoms with Crippen molar-refractivity contribution in [2.75, 3.05) is 19.8 Å². The summed E-state index contributed by atoms with van der Waals surface area (Å²) in [4.78, 5) is 13.0. The van der Waals surface area contributed by atoms with Gasteiger partial charge in [-0.3, -0.25) is 4.90 Å². The van der Waals surface area contributed by atoms with Crippen LogP contribution in [-0.2, 0) is 4.74 Å². The Morgan fingerprint density at radius 1 is 1.30 bits per heavy atom. The molecule has 0 radical (unpaired) electrons. The van der Waals surface area contributed by atoms with E-state index in [-0.39, 0.29) is 19.1 Å². The van der Waals surface area contributed by atoms with Crippen molar-refractivity contribution in [3.63, 3.8) is 0 Å². The van der Waals surface area contributed by atoms with Gasteiger partial charge in [-0.15, -0.1) is 0 Å². The lowest BCUT2D eigenvalue weighted by Gasteiger charge is -2.35. The van der Waals surface area contributed by atoms with E-state index in [4.69, 9.17) is 9.84 Å². The smallest absolute Gasteiger partial charge is 0.409 e. The summed E-state index contributed by atoms with van der Waals surface area (Å²) in [7, 11) is 0. The highest BCUT2D eigenvalue weighted by atomic mass is 16.5. The van der Waals surface area contributed by atoms with Gasteiger partial charge in [-0.2, -0.15) is 0 Å². The van der Waals surface area contributed by atoms with E-state index in [2.05, 4.69) is 25.1 Å². The fraction of sp³-hybridized carbons (Fsp3) is 0.611. The number of hydrogen-bond acceptors (Lipinski definition) is 3. The van der Waals surface area contributed by atoms with Crippen LogP contribution in [0.3, 0.4) is 0 Å². The van der Waals surface area contributed by atoms with Crippen molar-refractivity contribution in [2.24, 2.45) is 11.8 Å². The molecule has 5 nitrogen and oxygen atoms in total. The van der Waals surface area contributed by atoms with E-state index in [1.165, 1.54) is 16.0 Å². The van der Waals surface area contributed by atoms with E-state index in [1.54, 1.807) is 0 Å². The number of likely N-dealkylation sites (tertiary alicyclic amines) is 1. The van der Waals surface area contributed by atoms with E-state index in [1.807, 2.05) is 6.07 Å². The number of ether oxygens (including phenoxy) is 1. The summed E-state index contributed by atoms with van der Waals surface area (Å²) in [6.45, 7) is 2.76. The molecule has 3 rings (SSSR count). The molecule has 4 atom stereocenters. The first-order valence-corrected chi connectivity index (χ1v) is 8.41. The number of carboxylic acid groups (broad SMARTS) is 1. The average molecular weight is 319 g/mol. The first-order chi connectivity index (χ1) is 11.1. The summed E-state index contributed by atoms with van der Waals surface area (Å²) in [5, 5.41) is 18.5. The standard InChI is InChI=1S/C18H25NO4/c1-12-5-2-3-6-13(12)14-7-4-8-15-16(14)11-19(18(21)22)17(15)23-10-9-20/h2-3,5-6,14-17,20H,4,7-11H2,1H3,(H,21,22). The molecule has 1 aliphatic heterocycles. The maximum Gasteiger partial charge on any atom is 0.409 e. The summed E-state index contributed by atoms with van der Waals surface area (Å²) >= 11 is 0. The van der Waals surface area contributed by atoms with Crippen molar-refractivity contribution < 1.29 is 19.7 Å². The Bertz CT molecular complexity index is 562. The van der Waals surface area contributed by atoms with Gasteiger partial charge in [0.1, 0.15) is 6.23 Å². The van der Waals surface area contributed by atoms with Gasteiger partial charge in [-0.25, -0.2) is 4.79 Å². The third kappa shape index (κ3) is 3.08. The summed E-state index contributed by atoms with van der Waals surface area (Å²) in [6.07, 6.45) is 1.84. The molecule has 0 aromatic heterocycles. The minimum Gasteiger partial charge on any atom is -0.465 e. The summed E-state index contributed by atoms with van der Waals surface area (Å²) in [6, 6.07) is 8.41. The number of carbonyl (C=O) groups is 1. The van der Waals surface area contributed by atoms with Crippen LogP contribution in [0.5, 0.6) is 0 Å². The van der Waals surface area contributed by atoms with E-state index in [0.717, 1.165) is 19.3 Å². The third-order valence-corrected chi connectivity index (χ3v) is 5.41. The Labute approximate surface area is 136 Å². The van der Waals surface area contributed by atoms with Crippen LogP contribution in [-0.4, -0.2) is 47.2 Å². The topological polar surface area (TPSA) is 70.0 Å². The Hall–Kier alpha value is -1.59. The van der Waals surface area contributed by atoms with E-state index in [9.17, 15) is 9.90 Å². The van der Waals surface area contributed by atoms with Gasteiger partial charge in [0.05, 0.1) is 13.2 Å². The molecule has 2 aliphatic rings. The van der Waals surface area contributed by atoms with Crippen LogP contribution in [0.25, 0.3) is 0 Å². The van der Waals surface area contributed by atoms with Crippen molar-refractivity contribution >= 4 is 6.09 Å². The zero-order chi connectivity index (χ0) is 16.4. The zero-order valence-corrected chi connectivity index (χ0v) is 13.5. The molecular weight excluding hydrogens is 294 g/mol. The van der Waals surface area contributed by atoms with Crippen molar-refractivity contribution in [1.82, 2.24) is 4.90 Å². The second-order valence-corrected chi connectivity index (χ2v) is 6.64. The van der Waals surface area contributed by atoms with Crippen LogP contribution < -0.4 is 0 Å². The number of aryl methyl sites for hydroxylation is 1. The Morgan fingerprint density at radius 2 is 2.09 bits per heavy atom. The first-order valence-electron chi connectivity index (χ1n) is 8.41. The summed E-state index contributed by atoms with van der Waals surface area (Å²) in [5.41, 5.74) is 2.62. The zero-order valence-electron chi connectivity index (χ0n) is 13.5. The Kier molecular flexibility index (Phi) is 4.87. The second kappa shape index (κ2) is 6.89. The molecule has 1 heterocycles. The Balaban J connectivity index is 1.87. The normalized spacial score (nSPS) is 30.3. The largest absolute Gasteiger partial charge is 0.465 e. The molecule has 1 aliphatic carbocycles. The highest BCUT2D eigenvalue weighted by Gasteiger charge is 2.49. The number of hydrogen-bond donors (Lipinski definition) is 2. The molecule has 126 valence electrons. The van der Waals surface area contributed by atoms with Crippen LogP contribution in [0.2, 0.25) is 0 Å². The van der Waals surface area contributed by atoms with Crippen LogP contribution in [0.4, 0.5) is 4.79 Å². The van der Waals surface area contributed by atoms with Crippen LogP contribution in [0.15, 0.2) is 24.3 Å². The number of aliphatic hydroxyl groups is 1. The average Bonchev–Trinajstić information content (AvgIpc) is 2.92. The molecule has 4 unspecified atom stereocenters. The molecule has 5 heteroatoms. The van der Waals surface area contributed by atoms with Gasteiger partial charge >= 0.3 is 6.09 Å². The SMILES string of the molecule is Cc1ccccc1C1CCCC2C1CN(C(=O)O)C2OCCO. The maximum absolute atomic E-state index is 11.6. The molecule has 1 aromatic carbocycles. The van der Waals surface area contributed by atoms with Crippen molar-refractivity contribution in [3.8, 4) is 0 Å². The molecule has 0 bridgehead atoms. The third-order valence-electron chi connectivity index (χ3n) is 5.41. The molecular formula is C18H25NO4. The quantitative estimate of drug-likeness (QED) is 0.895. The number of nitrogens with zero attached hydrogens (tertiary/aromatic N) is 1. The van der Waals surface area contributed by atoms with Crippen molar-refractivity contribution in [1.29, 1.82) is 0 Å². The van der Waals surface area contributed by atoms with Crippen LogP contribution in [0.1, 0.15) is 36.3 Å². The highest BCUT2D eigenvalue weighted by Crippen LogP contribution is 2.48. The van der Waals surface area contributed by atoms with Crippen LogP contribution >= 0.6 is 0 Å². The van der Waals surface area contributed by atoms with Gasteiger partial charge in [0, 0.05) is 12.5 Å². The highest BCUT2D eigenvalue weighted by molar-refractivity contribution is 5.66. The number of benzene rings is 1. The van der Waals surface area contributed by atoms with Gasteiger partial charge in [0.25, 0.3) is 0 Å². The van der Waals surface area contributed by atoms with Crippen LogP contribution in [0, 0.1) is 18.8 Å². The van der Waals surface area contributed by atoms with Gasteiger partial charge < -0.3 is 14.9 Å². The van der Waals surface area contributed by atoms with Gasteiger partial charge in [-0.1, -0.05) is 30.7 Å². The van der Waals surface area contributed by atoms with Crippen molar-refractivity contribution in [3.05, 3.63) is 35.4 Å². The first kappa shape index (κ1) is 16.3. The van der Waals surface area contributed by atoms with E-state index >= 15 is 0 Å². The number of fused-ring (bicyclic) bond motifs is 1. The molecule has 1 amide bonds. The number of aliphatic hydroxyl groups excluding tert-OH is 1. The fourth-order valence-electron chi connectivity index (χ4n) is 4.44. The van der Waals surface area contributed by atoms with E-state index in [0.29, 0.717) is 18.4 Å². The van der Waals surface area contributed by atoms with Gasteiger partial charge in [0.15, 0.2) is 0 Å². The minimum absolute atomic E-state index is 0.0808.